The largest absolute Gasteiger partial charge is 0.383 e. The highest BCUT2D eigenvalue weighted by molar-refractivity contribution is 7.21. The van der Waals surface area contributed by atoms with Crippen LogP contribution in [0.25, 0.3) is 32.0 Å². The third kappa shape index (κ3) is 2.97. The predicted molar refractivity (Wildman–Crippen MR) is 108 cm³/mol. The molecule has 0 aliphatic rings. The highest BCUT2D eigenvalue weighted by Crippen LogP contribution is 2.39. The summed E-state index contributed by atoms with van der Waals surface area (Å²) in [4.78, 5) is 15.3. The molecule has 2 N–H and O–H groups in total. The van der Waals surface area contributed by atoms with Crippen molar-refractivity contribution >= 4 is 27.4 Å². The molecule has 3 heterocycles. The van der Waals surface area contributed by atoms with Crippen molar-refractivity contribution in [1.82, 2.24) is 19.5 Å². The molecule has 5 nitrogen and oxygen atoms in total. The summed E-state index contributed by atoms with van der Waals surface area (Å²) in [5.41, 5.74) is 9.27. The molecule has 3 aromatic heterocycles. The number of nitrogen functional groups attached to an aromatic ring is 1. The number of nitrogens with zero attached hydrogens (tertiary/aromatic N) is 4. The van der Waals surface area contributed by atoms with E-state index in [2.05, 4.69) is 46.6 Å². The standard InChI is InChI=1S/C20H21N5S/c1-3-13(2)10-25-12-24-17(14-7-5-4-6-8-14)18(25)16-9-15-19(21)22-11-23-20(15)26-16/h4-9,11-13H,3,10H2,1-2H3,(H2,21,22,23). The zero-order chi connectivity index (χ0) is 18.1. The van der Waals surface area contributed by atoms with Gasteiger partial charge in [0.15, 0.2) is 0 Å². The Morgan fingerprint density at radius 2 is 1.96 bits per heavy atom. The summed E-state index contributed by atoms with van der Waals surface area (Å²) in [7, 11) is 0. The monoisotopic (exact) mass is 363 g/mol. The quantitative estimate of drug-likeness (QED) is 0.550. The number of fused-ring (bicyclic) bond motifs is 1. The maximum Gasteiger partial charge on any atom is 0.135 e. The lowest BCUT2D eigenvalue weighted by Crippen LogP contribution is -2.06. The number of hydrogen-bond acceptors (Lipinski definition) is 5. The molecule has 1 unspecified atom stereocenters. The van der Waals surface area contributed by atoms with Crippen LogP contribution in [0.4, 0.5) is 5.82 Å². The minimum absolute atomic E-state index is 0.520. The second kappa shape index (κ2) is 6.88. The summed E-state index contributed by atoms with van der Waals surface area (Å²) in [6.07, 6.45) is 4.60. The van der Waals surface area contributed by atoms with E-state index in [-0.39, 0.29) is 0 Å². The van der Waals surface area contributed by atoms with Gasteiger partial charge in [-0.05, 0) is 12.0 Å². The Labute approximate surface area is 156 Å². The third-order valence-electron chi connectivity index (χ3n) is 4.68. The second-order valence-corrected chi connectivity index (χ2v) is 7.59. The Hall–Kier alpha value is -2.73. The molecule has 0 saturated heterocycles. The van der Waals surface area contributed by atoms with Crippen molar-refractivity contribution in [3.63, 3.8) is 0 Å². The maximum absolute atomic E-state index is 6.05. The van der Waals surface area contributed by atoms with Crippen molar-refractivity contribution in [2.45, 2.75) is 26.8 Å². The maximum atomic E-state index is 6.05. The Kier molecular flexibility index (Phi) is 4.42. The predicted octanol–water partition coefficient (Wildman–Crippen LogP) is 4.85. The van der Waals surface area contributed by atoms with Crippen molar-refractivity contribution < 1.29 is 0 Å². The SMILES string of the molecule is CCC(C)Cn1cnc(-c2ccccc2)c1-c1cc2c(N)ncnc2s1. The molecule has 26 heavy (non-hydrogen) atoms. The molecule has 0 bridgehead atoms. The molecule has 0 radical (unpaired) electrons. The normalized spacial score (nSPS) is 12.5. The highest BCUT2D eigenvalue weighted by atomic mass is 32.1. The molecule has 1 atom stereocenters. The molecule has 0 aliphatic heterocycles. The Morgan fingerprint density at radius 1 is 1.15 bits per heavy atom. The number of imidazole rings is 1. The average Bonchev–Trinajstić information content (AvgIpc) is 3.27. The molecule has 0 saturated carbocycles. The topological polar surface area (TPSA) is 69.6 Å². The zero-order valence-electron chi connectivity index (χ0n) is 14.9. The van der Waals surface area contributed by atoms with E-state index in [1.807, 2.05) is 24.5 Å². The van der Waals surface area contributed by atoms with Crippen LogP contribution in [0.15, 0.2) is 49.1 Å². The fourth-order valence-electron chi connectivity index (χ4n) is 3.04. The molecule has 4 rings (SSSR count). The van der Waals surface area contributed by atoms with E-state index in [4.69, 9.17) is 10.7 Å². The van der Waals surface area contributed by atoms with E-state index in [9.17, 15) is 0 Å². The van der Waals surface area contributed by atoms with Crippen LogP contribution < -0.4 is 5.73 Å². The number of benzene rings is 1. The summed E-state index contributed by atoms with van der Waals surface area (Å²) in [5, 5.41) is 0.905. The van der Waals surface area contributed by atoms with E-state index in [0.29, 0.717) is 11.7 Å². The molecule has 0 spiro atoms. The average molecular weight is 363 g/mol. The second-order valence-electron chi connectivity index (χ2n) is 6.56. The van der Waals surface area contributed by atoms with Crippen LogP contribution in [-0.2, 0) is 6.54 Å². The first-order valence-electron chi connectivity index (χ1n) is 8.78. The van der Waals surface area contributed by atoms with E-state index >= 15 is 0 Å². The van der Waals surface area contributed by atoms with Gasteiger partial charge in [0, 0.05) is 12.1 Å². The lowest BCUT2D eigenvalue weighted by atomic mass is 10.1. The number of hydrogen-bond donors (Lipinski definition) is 1. The molecule has 1 aromatic carbocycles. The van der Waals surface area contributed by atoms with Gasteiger partial charge in [-0.25, -0.2) is 15.0 Å². The van der Waals surface area contributed by atoms with Gasteiger partial charge >= 0.3 is 0 Å². The summed E-state index contributed by atoms with van der Waals surface area (Å²) < 4.78 is 2.25. The van der Waals surface area contributed by atoms with Crippen molar-refractivity contribution in [2.24, 2.45) is 5.92 Å². The van der Waals surface area contributed by atoms with E-state index < -0.39 is 0 Å². The number of rotatable bonds is 5. The van der Waals surface area contributed by atoms with Crippen LogP contribution in [0.3, 0.4) is 0 Å². The zero-order valence-corrected chi connectivity index (χ0v) is 15.7. The smallest absolute Gasteiger partial charge is 0.135 e. The minimum atomic E-state index is 0.520. The summed E-state index contributed by atoms with van der Waals surface area (Å²) >= 11 is 1.63. The summed E-state index contributed by atoms with van der Waals surface area (Å²) in [5.74, 6) is 1.09. The lowest BCUT2D eigenvalue weighted by Gasteiger charge is -2.13. The van der Waals surface area contributed by atoms with Crippen molar-refractivity contribution in [3.05, 3.63) is 49.1 Å². The van der Waals surface area contributed by atoms with Gasteiger partial charge in [-0.1, -0.05) is 50.6 Å². The molecule has 0 fully saturated rings. The summed E-state index contributed by atoms with van der Waals surface area (Å²) in [6.45, 7) is 5.41. The fraction of sp³-hybridized carbons (Fsp3) is 0.250. The molecular formula is C20H21N5S. The van der Waals surface area contributed by atoms with E-state index in [1.165, 1.54) is 6.33 Å². The number of aromatic nitrogens is 4. The Bertz CT molecular complexity index is 1030. The van der Waals surface area contributed by atoms with Gasteiger partial charge in [-0.3, -0.25) is 0 Å². The van der Waals surface area contributed by atoms with Gasteiger partial charge in [0.25, 0.3) is 0 Å². The van der Waals surface area contributed by atoms with Crippen LogP contribution in [0.1, 0.15) is 20.3 Å². The summed E-state index contributed by atoms with van der Waals surface area (Å²) in [6, 6.07) is 12.4. The fourth-order valence-corrected chi connectivity index (χ4v) is 4.11. The molecule has 6 heteroatoms. The first-order valence-corrected chi connectivity index (χ1v) is 9.60. The number of nitrogens with two attached hydrogens (primary N) is 1. The van der Waals surface area contributed by atoms with Gasteiger partial charge in [0.1, 0.15) is 17.0 Å². The van der Waals surface area contributed by atoms with Crippen molar-refractivity contribution in [1.29, 1.82) is 0 Å². The van der Waals surface area contributed by atoms with Crippen LogP contribution >= 0.6 is 11.3 Å². The van der Waals surface area contributed by atoms with Gasteiger partial charge in [0.2, 0.25) is 0 Å². The molecular weight excluding hydrogens is 342 g/mol. The number of thiophene rings is 1. The van der Waals surface area contributed by atoms with Crippen LogP contribution in [0.5, 0.6) is 0 Å². The Morgan fingerprint density at radius 3 is 2.69 bits per heavy atom. The minimum Gasteiger partial charge on any atom is -0.383 e. The molecule has 0 aliphatic carbocycles. The Balaban J connectivity index is 1.91. The van der Waals surface area contributed by atoms with Gasteiger partial charge in [-0.15, -0.1) is 11.3 Å². The van der Waals surface area contributed by atoms with Gasteiger partial charge < -0.3 is 10.3 Å². The van der Waals surface area contributed by atoms with Crippen molar-refractivity contribution in [3.8, 4) is 21.8 Å². The van der Waals surface area contributed by atoms with Crippen molar-refractivity contribution in [2.75, 3.05) is 5.73 Å². The van der Waals surface area contributed by atoms with Gasteiger partial charge in [-0.2, -0.15) is 0 Å². The molecule has 0 amide bonds. The van der Waals surface area contributed by atoms with Gasteiger partial charge in [0.05, 0.1) is 28.0 Å². The number of anilines is 1. The van der Waals surface area contributed by atoms with Crippen LogP contribution in [-0.4, -0.2) is 19.5 Å². The van der Waals surface area contributed by atoms with Crippen LogP contribution in [0, 0.1) is 5.92 Å². The van der Waals surface area contributed by atoms with Crippen LogP contribution in [0.2, 0.25) is 0 Å². The van der Waals surface area contributed by atoms with E-state index in [0.717, 1.165) is 45.0 Å². The van der Waals surface area contributed by atoms with E-state index in [1.54, 1.807) is 11.3 Å². The molecule has 132 valence electrons. The first-order chi connectivity index (χ1) is 12.7. The lowest BCUT2D eigenvalue weighted by molar-refractivity contribution is 0.471. The molecule has 4 aromatic rings. The first kappa shape index (κ1) is 16.7. The highest BCUT2D eigenvalue weighted by Gasteiger charge is 2.19. The third-order valence-corrected chi connectivity index (χ3v) is 5.73.